The van der Waals surface area contributed by atoms with E-state index in [1.807, 2.05) is 16.7 Å². The summed E-state index contributed by atoms with van der Waals surface area (Å²) in [5.41, 5.74) is 7.17. The van der Waals surface area contributed by atoms with Crippen LogP contribution in [0.1, 0.15) is 12.8 Å². The van der Waals surface area contributed by atoms with Gasteiger partial charge in [-0.25, -0.2) is 0 Å². The first-order valence-corrected chi connectivity index (χ1v) is 7.36. The maximum absolute atomic E-state index is 11.6. The summed E-state index contributed by atoms with van der Waals surface area (Å²) < 4.78 is 1.14. The topological polar surface area (TPSA) is 46.3 Å². The van der Waals surface area contributed by atoms with Crippen molar-refractivity contribution in [1.29, 1.82) is 0 Å². The van der Waals surface area contributed by atoms with Crippen molar-refractivity contribution in [3.05, 3.63) is 11.8 Å². The lowest BCUT2D eigenvalue weighted by atomic mass is 10.1. The van der Waals surface area contributed by atoms with Crippen molar-refractivity contribution >= 4 is 17.7 Å². The van der Waals surface area contributed by atoms with Gasteiger partial charge in [-0.15, -0.1) is 11.8 Å². The number of carbonyl (C=O) groups is 1. The van der Waals surface area contributed by atoms with Crippen LogP contribution in [0.3, 0.4) is 0 Å². The molecule has 0 aliphatic carbocycles. The molecule has 0 spiro atoms. The molecule has 0 aromatic heterocycles. The monoisotopic (exact) mass is 254 g/mol. The Morgan fingerprint density at radius 2 is 2.24 bits per heavy atom. The number of hydrogen-bond acceptors (Lipinski definition) is 3. The van der Waals surface area contributed by atoms with E-state index in [2.05, 4.69) is 13.2 Å². The molecule has 3 rings (SSSR count). The van der Waals surface area contributed by atoms with Gasteiger partial charge >= 0.3 is 0 Å². The molecule has 3 heterocycles. The third-order valence-corrected chi connectivity index (χ3v) is 5.51. The molecule has 0 aromatic carbocycles. The van der Waals surface area contributed by atoms with Crippen molar-refractivity contribution in [2.24, 2.45) is 5.73 Å². The molecule has 17 heavy (non-hydrogen) atoms. The van der Waals surface area contributed by atoms with Crippen molar-refractivity contribution < 1.29 is 9.28 Å². The Hall–Kier alpha value is -0.520. The Morgan fingerprint density at radius 1 is 1.53 bits per heavy atom. The van der Waals surface area contributed by atoms with Crippen LogP contribution in [0, 0.1) is 0 Å². The number of nitrogens with zero attached hydrogens (tertiary/aromatic N) is 2. The third-order valence-electron chi connectivity index (χ3n) is 4.11. The summed E-state index contributed by atoms with van der Waals surface area (Å²) in [5.74, 6) is 1.12. The van der Waals surface area contributed by atoms with Crippen molar-refractivity contribution in [3.8, 4) is 0 Å². The first-order chi connectivity index (χ1) is 8.09. The van der Waals surface area contributed by atoms with Gasteiger partial charge in [0.1, 0.15) is 18.0 Å². The van der Waals surface area contributed by atoms with E-state index in [0.717, 1.165) is 16.8 Å². The van der Waals surface area contributed by atoms with Crippen LogP contribution < -0.4 is 5.73 Å². The van der Waals surface area contributed by atoms with Gasteiger partial charge in [0.15, 0.2) is 0 Å². The zero-order chi connectivity index (χ0) is 12.0. The highest BCUT2D eigenvalue weighted by atomic mass is 32.2. The second kappa shape index (κ2) is 4.00. The molecular formula is C12H20N3OS+. The standard InChI is InChI=1S/C12H20N3OS/c1-15(4-2-3-5-15)7-9-6-14-11(16)10(13)12(14)17-8-9/h6,10,12H,2-5,7-8,13H2,1H3/q+1/t10-,12-/m1/s1. The van der Waals surface area contributed by atoms with Gasteiger partial charge in [-0.2, -0.15) is 0 Å². The van der Waals surface area contributed by atoms with Gasteiger partial charge in [0, 0.05) is 30.4 Å². The van der Waals surface area contributed by atoms with E-state index < -0.39 is 0 Å². The zero-order valence-corrected chi connectivity index (χ0v) is 11.1. The fraction of sp³-hybridized carbons (Fsp3) is 0.750. The maximum atomic E-state index is 11.6. The summed E-state index contributed by atoms with van der Waals surface area (Å²) in [5, 5.41) is 0.204. The summed E-state index contributed by atoms with van der Waals surface area (Å²) in [7, 11) is 2.33. The van der Waals surface area contributed by atoms with E-state index in [1.54, 1.807) is 0 Å². The van der Waals surface area contributed by atoms with Gasteiger partial charge in [0.25, 0.3) is 0 Å². The van der Waals surface area contributed by atoms with Gasteiger partial charge in [0.05, 0.1) is 20.1 Å². The molecule has 3 aliphatic rings. The Bertz CT molecular complexity index is 376. The number of likely N-dealkylation sites (N-methyl/N-ethyl adjacent to an activating group) is 1. The summed E-state index contributed by atoms with van der Waals surface area (Å²) in [6, 6.07) is -0.269. The number of thioether (sulfide) groups is 1. The van der Waals surface area contributed by atoms with E-state index in [1.165, 1.54) is 31.5 Å². The predicted octanol–water partition coefficient (Wildman–Crippen LogP) is 0.353. The van der Waals surface area contributed by atoms with Gasteiger partial charge in [-0.1, -0.05) is 0 Å². The smallest absolute Gasteiger partial charge is 0.247 e. The predicted molar refractivity (Wildman–Crippen MR) is 69.2 cm³/mol. The Morgan fingerprint density at radius 3 is 2.94 bits per heavy atom. The number of amides is 1. The molecule has 3 aliphatic heterocycles. The lowest BCUT2D eigenvalue weighted by Crippen LogP contribution is -2.66. The van der Waals surface area contributed by atoms with Crippen molar-refractivity contribution in [3.63, 3.8) is 0 Å². The number of β-lactam (4-membered cyclic amide) rings is 1. The van der Waals surface area contributed by atoms with Crippen molar-refractivity contribution in [2.75, 3.05) is 32.4 Å². The highest BCUT2D eigenvalue weighted by Crippen LogP contribution is 2.35. The lowest BCUT2D eigenvalue weighted by molar-refractivity contribution is -0.893. The highest BCUT2D eigenvalue weighted by Gasteiger charge is 2.46. The molecule has 2 saturated heterocycles. The molecule has 2 fully saturated rings. The fourth-order valence-electron chi connectivity index (χ4n) is 3.09. The molecule has 94 valence electrons. The highest BCUT2D eigenvalue weighted by molar-refractivity contribution is 8.00. The quantitative estimate of drug-likeness (QED) is 0.571. The fourth-order valence-corrected chi connectivity index (χ4v) is 4.29. The molecular weight excluding hydrogens is 234 g/mol. The van der Waals surface area contributed by atoms with Crippen molar-refractivity contribution in [2.45, 2.75) is 24.3 Å². The van der Waals surface area contributed by atoms with Gasteiger partial charge in [-0.3, -0.25) is 4.79 Å². The number of rotatable bonds is 2. The average molecular weight is 254 g/mol. The van der Waals surface area contributed by atoms with E-state index in [0.29, 0.717) is 0 Å². The average Bonchev–Trinajstić information content (AvgIpc) is 2.74. The van der Waals surface area contributed by atoms with Crippen LogP contribution in [0.5, 0.6) is 0 Å². The molecule has 1 amide bonds. The second-order valence-electron chi connectivity index (χ2n) is 5.69. The number of hydrogen-bond donors (Lipinski definition) is 1. The number of likely N-dealkylation sites (tertiary alicyclic amines) is 1. The largest absolute Gasteiger partial charge is 0.322 e. The zero-order valence-electron chi connectivity index (χ0n) is 10.3. The lowest BCUT2D eigenvalue weighted by Gasteiger charge is -2.46. The Balaban J connectivity index is 1.69. The van der Waals surface area contributed by atoms with E-state index in [9.17, 15) is 4.79 Å². The third kappa shape index (κ3) is 1.90. The summed E-state index contributed by atoms with van der Waals surface area (Å²) in [6.45, 7) is 3.65. The van der Waals surface area contributed by atoms with Crippen LogP contribution in [0.4, 0.5) is 0 Å². The molecule has 0 saturated carbocycles. The number of quaternary nitrogens is 1. The van der Waals surface area contributed by atoms with E-state index >= 15 is 0 Å². The summed E-state index contributed by atoms with van der Waals surface area (Å²) in [6.07, 6.45) is 4.74. The number of fused-ring (bicyclic) bond motifs is 1. The van der Waals surface area contributed by atoms with E-state index in [-0.39, 0.29) is 17.3 Å². The molecule has 0 unspecified atom stereocenters. The summed E-state index contributed by atoms with van der Waals surface area (Å²) in [4.78, 5) is 13.4. The molecule has 0 aromatic rings. The molecule has 5 heteroatoms. The first kappa shape index (κ1) is 11.6. The minimum Gasteiger partial charge on any atom is -0.322 e. The van der Waals surface area contributed by atoms with Crippen molar-refractivity contribution in [1.82, 2.24) is 4.90 Å². The molecule has 4 nitrogen and oxygen atoms in total. The van der Waals surface area contributed by atoms with Gasteiger partial charge < -0.3 is 15.1 Å². The van der Waals surface area contributed by atoms with Gasteiger partial charge in [-0.05, 0) is 0 Å². The molecule has 2 atom stereocenters. The van der Waals surface area contributed by atoms with E-state index in [4.69, 9.17) is 5.73 Å². The van der Waals surface area contributed by atoms with Crippen LogP contribution in [0.15, 0.2) is 11.8 Å². The minimum atomic E-state index is -0.269. The number of nitrogens with two attached hydrogens (primary N) is 1. The van der Waals surface area contributed by atoms with Crippen LogP contribution in [-0.4, -0.2) is 59.1 Å². The van der Waals surface area contributed by atoms with Crippen LogP contribution in [0.2, 0.25) is 0 Å². The number of carbonyl (C=O) groups excluding carboxylic acids is 1. The second-order valence-corrected chi connectivity index (χ2v) is 6.80. The van der Waals surface area contributed by atoms with Crippen LogP contribution in [-0.2, 0) is 4.79 Å². The van der Waals surface area contributed by atoms with Gasteiger partial charge in [0.2, 0.25) is 5.91 Å². The Kier molecular flexibility index (Phi) is 2.72. The molecule has 0 bridgehead atoms. The van der Waals surface area contributed by atoms with Crippen LogP contribution >= 0.6 is 11.8 Å². The Labute approximate surface area is 106 Å². The molecule has 2 N–H and O–H groups in total. The summed E-state index contributed by atoms with van der Waals surface area (Å²) >= 11 is 1.82. The SMILES string of the molecule is C[N+]1(CC2=CN3C(=O)[C@@H](N)[C@H]3SC2)CCCC1. The first-order valence-electron chi connectivity index (χ1n) is 6.32. The maximum Gasteiger partial charge on any atom is 0.247 e. The normalized spacial score (nSPS) is 35.3. The van der Waals surface area contributed by atoms with Crippen LogP contribution in [0.25, 0.3) is 0 Å². The minimum absolute atomic E-state index is 0.0868. The molecule has 0 radical (unpaired) electrons.